The van der Waals surface area contributed by atoms with Gasteiger partial charge in [0, 0.05) is 19.2 Å². The maximum absolute atomic E-state index is 11.5. The van der Waals surface area contributed by atoms with E-state index in [9.17, 15) is 4.79 Å². The van der Waals surface area contributed by atoms with Gasteiger partial charge in [-0.1, -0.05) is 20.3 Å². The molecule has 0 saturated heterocycles. The zero-order valence-electron chi connectivity index (χ0n) is 10.7. The number of hydrogen-bond acceptors (Lipinski definition) is 3. The molecule has 1 rings (SSSR count). The summed E-state index contributed by atoms with van der Waals surface area (Å²) >= 11 is 0. The number of anilines is 2. The highest BCUT2D eigenvalue weighted by Gasteiger charge is 2.07. The Morgan fingerprint density at radius 3 is 2.76 bits per heavy atom. The Balaban J connectivity index is 2.80. The zero-order valence-corrected chi connectivity index (χ0v) is 10.7. The fourth-order valence-electron chi connectivity index (χ4n) is 1.42. The maximum Gasteiger partial charge on any atom is 0.251 e. The van der Waals surface area contributed by atoms with Gasteiger partial charge in [-0.3, -0.25) is 4.79 Å². The molecule has 4 N–H and O–H groups in total. The molecule has 94 valence electrons. The maximum atomic E-state index is 11.5. The average molecular weight is 235 g/mol. The van der Waals surface area contributed by atoms with E-state index in [4.69, 9.17) is 5.73 Å². The first kappa shape index (κ1) is 13.4. The highest BCUT2D eigenvalue weighted by atomic mass is 16.1. The predicted octanol–water partition coefficient (Wildman–Crippen LogP) is 2.09. The minimum absolute atomic E-state index is 0.100. The van der Waals surface area contributed by atoms with E-state index in [-0.39, 0.29) is 5.91 Å². The van der Waals surface area contributed by atoms with Crippen LogP contribution in [0.25, 0.3) is 0 Å². The van der Waals surface area contributed by atoms with Crippen LogP contribution in [-0.2, 0) is 0 Å². The van der Waals surface area contributed by atoms with Crippen LogP contribution >= 0.6 is 0 Å². The second-order valence-corrected chi connectivity index (χ2v) is 4.28. The molecule has 0 spiro atoms. The minimum atomic E-state index is -0.100. The first-order chi connectivity index (χ1) is 8.08. The molecule has 1 aromatic carbocycles. The molecule has 0 heterocycles. The van der Waals surface area contributed by atoms with Crippen LogP contribution in [0.3, 0.4) is 0 Å². The van der Waals surface area contributed by atoms with Crippen molar-refractivity contribution in [3.05, 3.63) is 23.8 Å². The molecule has 0 aliphatic carbocycles. The summed E-state index contributed by atoms with van der Waals surface area (Å²) < 4.78 is 0. The number of benzene rings is 1. The number of nitrogens with two attached hydrogens (primary N) is 1. The third-order valence-electron chi connectivity index (χ3n) is 2.88. The van der Waals surface area contributed by atoms with Gasteiger partial charge in [-0.15, -0.1) is 0 Å². The van der Waals surface area contributed by atoms with Crippen LogP contribution in [0.2, 0.25) is 0 Å². The van der Waals surface area contributed by atoms with Crippen molar-refractivity contribution in [3.63, 3.8) is 0 Å². The number of amides is 1. The van der Waals surface area contributed by atoms with Gasteiger partial charge in [-0.05, 0) is 24.1 Å². The normalized spacial score (nSPS) is 11.9. The lowest BCUT2D eigenvalue weighted by molar-refractivity contribution is 0.0963. The minimum Gasteiger partial charge on any atom is -0.397 e. The number of carbonyl (C=O) groups is 1. The molecular weight excluding hydrogens is 214 g/mol. The molecule has 0 radical (unpaired) electrons. The summed E-state index contributed by atoms with van der Waals surface area (Å²) in [5, 5.41) is 5.87. The van der Waals surface area contributed by atoms with Crippen LogP contribution in [0.4, 0.5) is 11.4 Å². The molecule has 1 unspecified atom stereocenters. The largest absolute Gasteiger partial charge is 0.397 e. The molecule has 1 aromatic rings. The van der Waals surface area contributed by atoms with Crippen molar-refractivity contribution in [1.82, 2.24) is 5.32 Å². The predicted molar refractivity (Wildman–Crippen MR) is 72.2 cm³/mol. The molecular formula is C13H21N3O. The molecule has 4 nitrogen and oxygen atoms in total. The van der Waals surface area contributed by atoms with Crippen molar-refractivity contribution >= 4 is 17.3 Å². The van der Waals surface area contributed by atoms with Crippen LogP contribution in [-0.4, -0.2) is 19.5 Å². The Hall–Kier alpha value is -1.71. The molecule has 0 aliphatic rings. The molecule has 1 atom stereocenters. The SMILES string of the molecule is CCC(C)CNc1cc(C(=O)NC)ccc1N. The van der Waals surface area contributed by atoms with Gasteiger partial charge in [0.25, 0.3) is 5.91 Å². The third kappa shape index (κ3) is 3.66. The summed E-state index contributed by atoms with van der Waals surface area (Å²) in [6, 6.07) is 5.27. The highest BCUT2D eigenvalue weighted by molar-refractivity contribution is 5.96. The Kier molecular flexibility index (Phi) is 4.82. The summed E-state index contributed by atoms with van der Waals surface area (Å²) in [7, 11) is 1.62. The van der Waals surface area contributed by atoms with E-state index < -0.39 is 0 Å². The Bertz CT molecular complexity index is 390. The number of rotatable bonds is 5. The molecule has 4 heteroatoms. The Morgan fingerprint density at radius 1 is 1.47 bits per heavy atom. The Labute approximate surface area is 103 Å². The summed E-state index contributed by atoms with van der Waals surface area (Å²) in [5.74, 6) is 0.481. The van der Waals surface area contributed by atoms with Crippen molar-refractivity contribution in [2.45, 2.75) is 20.3 Å². The van der Waals surface area contributed by atoms with Gasteiger partial charge in [0.1, 0.15) is 0 Å². The molecule has 17 heavy (non-hydrogen) atoms. The van der Waals surface area contributed by atoms with E-state index in [1.54, 1.807) is 25.2 Å². The van der Waals surface area contributed by atoms with E-state index in [0.717, 1.165) is 18.7 Å². The second kappa shape index (κ2) is 6.13. The van der Waals surface area contributed by atoms with Crippen LogP contribution in [0, 0.1) is 5.92 Å². The Morgan fingerprint density at radius 2 is 2.18 bits per heavy atom. The fourth-order valence-corrected chi connectivity index (χ4v) is 1.42. The van der Waals surface area contributed by atoms with E-state index in [1.807, 2.05) is 0 Å². The molecule has 0 aromatic heterocycles. The van der Waals surface area contributed by atoms with Crippen LogP contribution < -0.4 is 16.4 Å². The van der Waals surface area contributed by atoms with Crippen LogP contribution in [0.1, 0.15) is 30.6 Å². The summed E-state index contributed by atoms with van der Waals surface area (Å²) in [5.41, 5.74) is 7.98. The van der Waals surface area contributed by atoms with Gasteiger partial charge in [-0.25, -0.2) is 0 Å². The molecule has 0 aliphatic heterocycles. The summed E-state index contributed by atoms with van der Waals surface area (Å²) in [6.45, 7) is 5.18. The van der Waals surface area contributed by atoms with Crippen molar-refractivity contribution in [2.24, 2.45) is 5.92 Å². The van der Waals surface area contributed by atoms with Crippen LogP contribution in [0.5, 0.6) is 0 Å². The fraction of sp³-hybridized carbons (Fsp3) is 0.462. The quantitative estimate of drug-likeness (QED) is 0.684. The molecule has 1 amide bonds. The van der Waals surface area contributed by atoms with E-state index in [2.05, 4.69) is 24.5 Å². The van der Waals surface area contributed by atoms with E-state index in [1.165, 1.54) is 0 Å². The second-order valence-electron chi connectivity index (χ2n) is 4.28. The average Bonchev–Trinajstić information content (AvgIpc) is 2.36. The van der Waals surface area contributed by atoms with E-state index >= 15 is 0 Å². The van der Waals surface area contributed by atoms with Gasteiger partial charge in [0.15, 0.2) is 0 Å². The van der Waals surface area contributed by atoms with E-state index in [0.29, 0.717) is 17.2 Å². The van der Waals surface area contributed by atoms with Crippen molar-refractivity contribution in [3.8, 4) is 0 Å². The number of nitrogens with one attached hydrogen (secondary N) is 2. The number of hydrogen-bond donors (Lipinski definition) is 3. The number of carbonyl (C=O) groups excluding carboxylic acids is 1. The molecule has 0 bridgehead atoms. The first-order valence-electron chi connectivity index (χ1n) is 5.94. The smallest absolute Gasteiger partial charge is 0.251 e. The zero-order chi connectivity index (χ0) is 12.8. The summed E-state index contributed by atoms with van der Waals surface area (Å²) in [4.78, 5) is 11.5. The van der Waals surface area contributed by atoms with Gasteiger partial charge in [-0.2, -0.15) is 0 Å². The van der Waals surface area contributed by atoms with Crippen molar-refractivity contribution < 1.29 is 4.79 Å². The third-order valence-corrected chi connectivity index (χ3v) is 2.88. The first-order valence-corrected chi connectivity index (χ1v) is 5.94. The molecule has 0 saturated carbocycles. The standard InChI is InChI=1S/C13H21N3O/c1-4-9(2)8-16-12-7-10(13(17)15-3)5-6-11(12)14/h5-7,9,16H,4,8,14H2,1-3H3,(H,15,17). The van der Waals surface area contributed by atoms with Crippen LogP contribution in [0.15, 0.2) is 18.2 Å². The van der Waals surface area contributed by atoms with Gasteiger partial charge in [0.2, 0.25) is 0 Å². The summed E-state index contributed by atoms with van der Waals surface area (Å²) in [6.07, 6.45) is 1.11. The van der Waals surface area contributed by atoms with Gasteiger partial charge in [0.05, 0.1) is 11.4 Å². The van der Waals surface area contributed by atoms with Gasteiger partial charge >= 0.3 is 0 Å². The monoisotopic (exact) mass is 235 g/mol. The highest BCUT2D eigenvalue weighted by Crippen LogP contribution is 2.20. The topological polar surface area (TPSA) is 67.2 Å². The lowest BCUT2D eigenvalue weighted by atomic mass is 10.1. The molecule has 0 fully saturated rings. The lowest BCUT2D eigenvalue weighted by Crippen LogP contribution is -2.18. The van der Waals surface area contributed by atoms with Gasteiger partial charge < -0.3 is 16.4 Å². The van der Waals surface area contributed by atoms with Crippen molar-refractivity contribution in [2.75, 3.05) is 24.6 Å². The number of nitrogen functional groups attached to an aromatic ring is 1. The van der Waals surface area contributed by atoms with Crippen molar-refractivity contribution in [1.29, 1.82) is 0 Å². The lowest BCUT2D eigenvalue weighted by Gasteiger charge is -2.14.